The molecule has 4 nitrogen and oxygen atoms in total. The van der Waals surface area contributed by atoms with Gasteiger partial charge in [-0.1, -0.05) is 0 Å². The van der Waals surface area contributed by atoms with Gasteiger partial charge in [0.15, 0.2) is 23.7 Å². The Hall–Kier alpha value is -0.970. The van der Waals surface area contributed by atoms with Crippen molar-refractivity contribution in [3.05, 3.63) is 23.0 Å². The van der Waals surface area contributed by atoms with Crippen molar-refractivity contribution in [3.63, 3.8) is 0 Å². The van der Waals surface area contributed by atoms with Crippen LogP contribution in [0.2, 0.25) is 0 Å². The van der Waals surface area contributed by atoms with Crippen molar-refractivity contribution < 1.29 is 27.5 Å². The summed E-state index contributed by atoms with van der Waals surface area (Å²) in [4.78, 5) is 21.8. The number of benzene rings is 1. The molecule has 0 bridgehead atoms. The average Bonchev–Trinajstić information content (AvgIpc) is 2.34. The first-order valence-electron chi connectivity index (χ1n) is 5.56. The van der Waals surface area contributed by atoms with Crippen molar-refractivity contribution in [2.45, 2.75) is 31.3 Å². The summed E-state index contributed by atoms with van der Waals surface area (Å²) in [5, 5.41) is 1.86. The summed E-state index contributed by atoms with van der Waals surface area (Å²) < 4.78 is 46.3. The van der Waals surface area contributed by atoms with E-state index in [1.165, 1.54) is 0 Å². The van der Waals surface area contributed by atoms with Crippen LogP contribution in [0.1, 0.15) is 31.1 Å². The number of rotatable bonds is 3. The second-order valence-electron chi connectivity index (χ2n) is 4.88. The Bertz CT molecular complexity index is 590. The molecule has 9 heteroatoms. The third-order valence-corrected chi connectivity index (χ3v) is 3.97. The van der Waals surface area contributed by atoms with Gasteiger partial charge in [-0.25, -0.2) is 18.0 Å². The minimum absolute atomic E-state index is 0.000908. The van der Waals surface area contributed by atoms with Crippen molar-refractivity contribution in [3.8, 4) is 0 Å². The molecule has 1 amide bonds. The summed E-state index contributed by atoms with van der Waals surface area (Å²) in [6.07, 6.45) is -1.13. The molecule has 0 radical (unpaired) electrons. The van der Waals surface area contributed by atoms with Gasteiger partial charge in [0.1, 0.15) is 5.60 Å². The molecule has 0 aliphatic carbocycles. The predicted molar refractivity (Wildman–Crippen MR) is 81.4 cm³/mol. The monoisotopic (exact) mass is 433 g/mol. The van der Waals surface area contributed by atoms with Gasteiger partial charge >= 0.3 is 6.09 Å². The van der Waals surface area contributed by atoms with E-state index in [-0.39, 0.29) is 6.29 Å². The lowest BCUT2D eigenvalue weighted by atomic mass is 10.1. The minimum Gasteiger partial charge on any atom is -0.444 e. The molecule has 1 rings (SSSR count). The molecule has 0 atom stereocenters. The van der Waals surface area contributed by atoms with Crippen LogP contribution in [0.4, 0.5) is 23.7 Å². The standard InChI is InChI=1S/C12H11F3INO3S/c1-12(2,3)20-11(19)17-9-5(4-18)6(13)10(21-16)8(15)7(9)14/h4H,1-3H3,(H,17,19). The van der Waals surface area contributed by atoms with Gasteiger partial charge < -0.3 is 4.74 Å². The SMILES string of the molecule is CC(C)(C)OC(=O)Nc1c(F)c(F)c(SI)c(F)c1C=O. The minimum atomic E-state index is -1.52. The molecule has 0 aromatic heterocycles. The fourth-order valence-electron chi connectivity index (χ4n) is 1.36. The van der Waals surface area contributed by atoms with Gasteiger partial charge in [-0.3, -0.25) is 10.1 Å². The van der Waals surface area contributed by atoms with Gasteiger partial charge in [0, 0.05) is 21.2 Å². The largest absolute Gasteiger partial charge is 0.444 e. The maximum atomic E-state index is 13.9. The third kappa shape index (κ3) is 4.25. The second-order valence-corrected chi connectivity index (χ2v) is 6.77. The molecule has 0 saturated carbocycles. The highest BCUT2D eigenvalue weighted by Gasteiger charge is 2.27. The molecule has 0 saturated heterocycles. The number of anilines is 1. The van der Waals surface area contributed by atoms with Gasteiger partial charge in [0.2, 0.25) is 0 Å². The van der Waals surface area contributed by atoms with Crippen molar-refractivity contribution in [1.82, 2.24) is 0 Å². The van der Waals surface area contributed by atoms with Crippen molar-refractivity contribution in [2.24, 2.45) is 0 Å². The smallest absolute Gasteiger partial charge is 0.412 e. The summed E-state index contributed by atoms with van der Waals surface area (Å²) in [5.74, 6) is -4.25. The molecule has 0 unspecified atom stereocenters. The Morgan fingerprint density at radius 3 is 2.24 bits per heavy atom. The highest BCUT2D eigenvalue weighted by atomic mass is 127. The van der Waals surface area contributed by atoms with E-state index in [1.54, 1.807) is 42.0 Å². The van der Waals surface area contributed by atoms with E-state index in [0.717, 1.165) is 0 Å². The van der Waals surface area contributed by atoms with E-state index in [2.05, 4.69) is 0 Å². The summed E-state index contributed by atoms with van der Waals surface area (Å²) in [6.45, 7) is 4.67. The van der Waals surface area contributed by atoms with Gasteiger partial charge in [-0.2, -0.15) is 0 Å². The Balaban J connectivity index is 3.30. The van der Waals surface area contributed by atoms with Crippen LogP contribution in [0.15, 0.2) is 4.90 Å². The van der Waals surface area contributed by atoms with Crippen LogP contribution in [0.25, 0.3) is 0 Å². The Morgan fingerprint density at radius 1 is 1.24 bits per heavy atom. The molecule has 0 aliphatic heterocycles. The van der Waals surface area contributed by atoms with Gasteiger partial charge in [-0.05, 0) is 29.7 Å². The molecule has 1 aromatic carbocycles. The van der Waals surface area contributed by atoms with Crippen molar-refractivity contribution in [1.29, 1.82) is 0 Å². The first kappa shape index (κ1) is 18.1. The lowest BCUT2D eigenvalue weighted by Crippen LogP contribution is -2.28. The molecule has 0 fully saturated rings. The molecule has 1 aromatic rings. The maximum absolute atomic E-state index is 13.9. The van der Waals surface area contributed by atoms with Crippen molar-refractivity contribution in [2.75, 3.05) is 5.32 Å². The van der Waals surface area contributed by atoms with Crippen LogP contribution in [0.3, 0.4) is 0 Å². The zero-order valence-corrected chi connectivity index (χ0v) is 14.2. The third-order valence-electron chi connectivity index (χ3n) is 2.14. The topological polar surface area (TPSA) is 55.4 Å². The highest BCUT2D eigenvalue weighted by molar-refractivity contribution is 14.2. The molecule has 0 heterocycles. The number of ether oxygens (including phenoxy) is 1. The van der Waals surface area contributed by atoms with E-state index < -0.39 is 45.3 Å². The number of amides is 1. The quantitative estimate of drug-likeness (QED) is 0.427. The van der Waals surface area contributed by atoms with Crippen molar-refractivity contribution >= 4 is 48.2 Å². The van der Waals surface area contributed by atoms with E-state index in [1.807, 2.05) is 5.32 Å². The van der Waals surface area contributed by atoms with Crippen LogP contribution in [0, 0.1) is 17.5 Å². The van der Waals surface area contributed by atoms with Crippen LogP contribution < -0.4 is 5.32 Å². The zero-order chi connectivity index (χ0) is 16.4. The number of halogens is 4. The molecule has 0 spiro atoms. The summed E-state index contributed by atoms with van der Waals surface area (Å²) in [7, 11) is 0.580. The molecule has 0 aliphatic rings. The Labute approximate surface area is 135 Å². The van der Waals surface area contributed by atoms with Gasteiger partial charge in [0.05, 0.1) is 16.1 Å². The van der Waals surface area contributed by atoms with E-state index in [9.17, 15) is 22.8 Å². The lowest BCUT2D eigenvalue weighted by Gasteiger charge is -2.20. The fourth-order valence-corrected chi connectivity index (χ4v) is 2.86. The van der Waals surface area contributed by atoms with Gasteiger partial charge in [0.25, 0.3) is 0 Å². The number of hydrogen-bond donors (Lipinski definition) is 1. The van der Waals surface area contributed by atoms with Crippen LogP contribution in [-0.4, -0.2) is 18.0 Å². The molecular formula is C12H11F3INO3S. The number of carbonyl (C=O) groups excluding carboxylic acids is 2. The number of hydrogen-bond acceptors (Lipinski definition) is 4. The van der Waals surface area contributed by atoms with E-state index in [4.69, 9.17) is 4.74 Å². The van der Waals surface area contributed by atoms with Crippen LogP contribution >= 0.6 is 30.1 Å². The average molecular weight is 433 g/mol. The lowest BCUT2D eigenvalue weighted by molar-refractivity contribution is 0.0635. The molecule has 1 N–H and O–H groups in total. The highest BCUT2D eigenvalue weighted by Crippen LogP contribution is 2.37. The fraction of sp³-hybridized carbons (Fsp3) is 0.333. The normalized spacial score (nSPS) is 11.2. The number of aldehydes is 1. The first-order valence-corrected chi connectivity index (χ1v) is 8.92. The Kier molecular flexibility index (Phi) is 5.91. The summed E-state index contributed by atoms with van der Waals surface area (Å²) >= 11 is 1.55. The van der Waals surface area contributed by atoms with Crippen LogP contribution in [0.5, 0.6) is 0 Å². The second kappa shape index (κ2) is 6.86. The maximum Gasteiger partial charge on any atom is 0.412 e. The molecule has 21 heavy (non-hydrogen) atoms. The summed E-state index contributed by atoms with van der Waals surface area (Å²) in [6, 6.07) is 0. The Morgan fingerprint density at radius 2 is 1.81 bits per heavy atom. The van der Waals surface area contributed by atoms with Gasteiger partial charge in [-0.15, -0.1) is 0 Å². The van der Waals surface area contributed by atoms with E-state index in [0.29, 0.717) is 8.93 Å². The molecular weight excluding hydrogens is 422 g/mol. The van der Waals surface area contributed by atoms with Crippen LogP contribution in [-0.2, 0) is 4.74 Å². The first-order chi connectivity index (χ1) is 9.62. The zero-order valence-electron chi connectivity index (χ0n) is 11.2. The number of nitrogens with one attached hydrogen (secondary N) is 1. The molecule has 116 valence electrons. The van der Waals surface area contributed by atoms with E-state index >= 15 is 0 Å². The summed E-state index contributed by atoms with van der Waals surface area (Å²) in [5.41, 5.74) is -2.56. The number of carbonyl (C=O) groups is 2. The predicted octanol–water partition coefficient (Wildman–Crippen LogP) is 4.71.